The molecule has 20 atom stereocenters. The van der Waals surface area contributed by atoms with E-state index in [1.165, 1.54) is 0 Å². The number of hydrogen-bond donors (Lipinski definition) is 13. The molecule has 1 saturated heterocycles. The molecule has 6 saturated carbocycles. The van der Waals surface area contributed by atoms with Gasteiger partial charge in [-0.05, 0) is 184 Å². The molecule has 0 aromatic carbocycles. The number of aliphatic hydroxyl groups is 9. The zero-order valence-corrected chi connectivity index (χ0v) is 45.9. The van der Waals surface area contributed by atoms with Gasteiger partial charge in [-0.3, -0.25) is 4.79 Å². The van der Waals surface area contributed by atoms with Crippen molar-refractivity contribution in [3.63, 3.8) is 0 Å². The third-order valence-electron chi connectivity index (χ3n) is 23.4. The van der Waals surface area contributed by atoms with Crippen molar-refractivity contribution in [2.24, 2.45) is 68.8 Å². The third kappa shape index (κ3) is 7.79. The molecule has 0 aromatic rings. The van der Waals surface area contributed by atoms with Crippen molar-refractivity contribution in [2.75, 3.05) is 26.7 Å². The lowest BCUT2D eigenvalue weighted by Crippen LogP contribution is -2.78. The van der Waals surface area contributed by atoms with Crippen LogP contribution >= 0.6 is 0 Å². The number of nitrogens with one attached hydrogen (secondary N) is 3. The quantitative estimate of drug-likeness (QED) is 0.109. The molecule has 12 aliphatic rings. The van der Waals surface area contributed by atoms with E-state index in [1.807, 2.05) is 31.4 Å². The maximum atomic E-state index is 16.2. The maximum Gasteiger partial charge on any atom is 0.182 e. The maximum absolute atomic E-state index is 16.2. The SMILES string of the molecule is CCCC1CCC2OC3C(C(O)CCCC3(O)C(C)(O)C3CCC4(O)C5=C(NCC(C)O)C(=O)C6CC(O)C(O)CC67CC6(C8=C(CCCO)NC(N)C=C8)C=CC(O)(CC34C3CCC(CNC)CC3)C57C=C6)C2CC1. The normalized spacial score (nSPS) is 49.6. The zero-order chi connectivity index (χ0) is 54.0. The Morgan fingerprint density at radius 3 is 2.38 bits per heavy atom. The molecule has 0 amide bonds. The highest BCUT2D eigenvalue weighted by atomic mass is 16.5. The average molecular weight is 1060 g/mol. The highest BCUT2D eigenvalue weighted by molar-refractivity contribution is 6.01. The fraction of sp³-hybridized carbons (Fsp3) is 0.820. The second-order valence-corrected chi connectivity index (χ2v) is 27.1. The molecule has 12 rings (SSSR count). The lowest BCUT2D eigenvalue weighted by molar-refractivity contribution is -0.285. The second kappa shape index (κ2) is 19.9. The van der Waals surface area contributed by atoms with Crippen LogP contribution in [-0.2, 0) is 9.53 Å². The van der Waals surface area contributed by atoms with Gasteiger partial charge in [-0.1, -0.05) is 56.6 Å². The predicted molar refractivity (Wildman–Crippen MR) is 287 cm³/mol. The molecule has 7 fully saturated rings. The van der Waals surface area contributed by atoms with E-state index in [-0.39, 0.29) is 87.5 Å². The second-order valence-electron chi connectivity index (χ2n) is 27.1. The van der Waals surface area contributed by atoms with Gasteiger partial charge in [0.1, 0.15) is 5.60 Å². The Kier molecular flexibility index (Phi) is 14.5. The predicted octanol–water partition coefficient (Wildman–Crippen LogP) is 4.19. The van der Waals surface area contributed by atoms with Gasteiger partial charge in [0, 0.05) is 52.5 Å². The van der Waals surface area contributed by atoms with Crippen LogP contribution in [0.15, 0.2) is 59.0 Å². The monoisotopic (exact) mass is 1060 g/mol. The Hall–Kier alpha value is -2.51. The molecule has 2 bridgehead atoms. The minimum atomic E-state index is -1.97. The lowest BCUT2D eigenvalue weighted by atomic mass is 9.31. The number of ether oxygens (including phenoxy) is 1. The Morgan fingerprint density at radius 2 is 1.66 bits per heavy atom. The van der Waals surface area contributed by atoms with Crippen LogP contribution in [0.1, 0.15) is 156 Å². The minimum absolute atomic E-state index is 0.0127. The number of hydrogen-bond acceptors (Lipinski definition) is 15. The Morgan fingerprint density at radius 1 is 0.921 bits per heavy atom. The van der Waals surface area contributed by atoms with Crippen molar-refractivity contribution in [1.29, 1.82) is 0 Å². The average Bonchev–Trinajstić information content (AvgIpc) is 3.78. The first-order chi connectivity index (χ1) is 36.2. The first-order valence-electron chi connectivity index (χ1n) is 30.1. The highest BCUT2D eigenvalue weighted by Crippen LogP contribution is 2.83. The Bertz CT molecular complexity index is 2380. The number of fused-ring (bicyclic) bond motifs is 5. The Balaban J connectivity index is 1.15. The van der Waals surface area contributed by atoms with Gasteiger partial charge >= 0.3 is 0 Å². The minimum Gasteiger partial charge on any atom is -0.396 e. The highest BCUT2D eigenvalue weighted by Gasteiger charge is 2.85. The number of carbonyl (C=O) groups excluding carboxylic acids is 1. The van der Waals surface area contributed by atoms with Gasteiger partial charge in [0.25, 0.3) is 0 Å². The van der Waals surface area contributed by atoms with Crippen LogP contribution in [0, 0.1) is 63.1 Å². The van der Waals surface area contributed by atoms with Crippen molar-refractivity contribution in [3.8, 4) is 0 Å². The van der Waals surface area contributed by atoms with Gasteiger partial charge in [-0.25, -0.2) is 0 Å². The molecular weight excluding hydrogens is 965 g/mol. The summed E-state index contributed by atoms with van der Waals surface area (Å²) in [7, 11) is 1.96. The van der Waals surface area contributed by atoms with Gasteiger partial charge in [0.15, 0.2) is 5.78 Å². The molecule has 2 heterocycles. The molecule has 15 heteroatoms. The van der Waals surface area contributed by atoms with Crippen molar-refractivity contribution in [2.45, 2.75) is 221 Å². The van der Waals surface area contributed by atoms with Crippen molar-refractivity contribution >= 4 is 5.78 Å². The van der Waals surface area contributed by atoms with E-state index in [0.717, 1.165) is 69.2 Å². The van der Waals surface area contributed by atoms with Crippen molar-refractivity contribution < 1.29 is 55.5 Å². The standard InChI is InChI=1S/C61H94N4O11/c1-5-8-36-13-17-39-46(19-14-36)76-53-49(39)43(68)10-6-22-61(53,75)54(3,72)47-21-23-60(74)52-50(64-31-35(2)67)51(71)41-29-44(69)45(70)30-56(41)33-55(40-18-20-48(62)65-42(40)9-7-28-66)24-26-57(73,59(52,56)27-25-55)34-58(47,60)38-15-11-37(12-16-38)32-63-4/h18,20,24-27,35-39,41,43-49,53,63-70,72-75H,5-17,19,21-23,28-34,62H2,1-4H3. The summed E-state index contributed by atoms with van der Waals surface area (Å²) in [5, 5.41) is 126. The molecule has 20 unspecified atom stereocenters. The molecule has 0 radical (unpaired) electrons. The van der Waals surface area contributed by atoms with Crippen LogP contribution in [0.4, 0.5) is 0 Å². The van der Waals surface area contributed by atoms with E-state index in [9.17, 15) is 40.9 Å². The van der Waals surface area contributed by atoms with Gasteiger partial charge in [0.05, 0.1) is 70.7 Å². The number of dihydropyridines is 1. The van der Waals surface area contributed by atoms with E-state index in [1.54, 1.807) is 13.8 Å². The molecule has 0 aromatic heterocycles. The van der Waals surface area contributed by atoms with Crippen LogP contribution in [0.5, 0.6) is 0 Å². The fourth-order valence-corrected chi connectivity index (χ4v) is 20.3. The van der Waals surface area contributed by atoms with Crippen LogP contribution in [0.25, 0.3) is 0 Å². The molecule has 2 aliphatic heterocycles. The number of Topliss-reactive ketones (excluding diaryl/α,β-unsaturated/α-hetero) is 1. The zero-order valence-electron chi connectivity index (χ0n) is 45.9. The first-order valence-corrected chi connectivity index (χ1v) is 30.1. The summed E-state index contributed by atoms with van der Waals surface area (Å²) < 4.78 is 7.19. The number of rotatable bonds is 14. The number of nitrogens with two attached hydrogens (primary N) is 1. The van der Waals surface area contributed by atoms with Crippen LogP contribution in [-0.4, -0.2) is 144 Å². The summed E-state index contributed by atoms with van der Waals surface area (Å²) in [5.74, 6) is -1.94. The molecule has 10 aliphatic carbocycles. The number of allylic oxidation sites excluding steroid dienone is 6. The molecule has 14 N–H and O–H groups in total. The number of ketones is 1. The van der Waals surface area contributed by atoms with E-state index >= 15 is 9.90 Å². The van der Waals surface area contributed by atoms with E-state index in [0.29, 0.717) is 55.9 Å². The van der Waals surface area contributed by atoms with E-state index in [2.05, 4.69) is 35.0 Å². The van der Waals surface area contributed by atoms with Gasteiger partial charge in [-0.15, -0.1) is 0 Å². The molecule has 424 valence electrons. The summed E-state index contributed by atoms with van der Waals surface area (Å²) in [4.78, 5) is 16.2. The Labute approximate surface area is 451 Å². The van der Waals surface area contributed by atoms with Crippen molar-refractivity contribution in [1.82, 2.24) is 16.0 Å². The topological polar surface area (TPSA) is 270 Å². The lowest BCUT2D eigenvalue weighted by Gasteiger charge is -2.74. The van der Waals surface area contributed by atoms with Gasteiger partial charge in [-0.2, -0.15) is 0 Å². The van der Waals surface area contributed by atoms with Crippen LogP contribution in [0.3, 0.4) is 0 Å². The van der Waals surface area contributed by atoms with Gasteiger partial charge in [0.2, 0.25) is 0 Å². The molecular formula is C61H94N4O11. The largest absolute Gasteiger partial charge is 0.396 e. The smallest absolute Gasteiger partial charge is 0.182 e. The van der Waals surface area contributed by atoms with Gasteiger partial charge < -0.3 is 72.4 Å². The summed E-state index contributed by atoms with van der Waals surface area (Å²) in [6.07, 6.45) is 17.6. The van der Waals surface area contributed by atoms with Crippen molar-refractivity contribution in [3.05, 3.63) is 59.0 Å². The number of carbonyl (C=O) groups is 1. The fourth-order valence-electron chi connectivity index (χ4n) is 20.3. The molecule has 2 spiro atoms. The summed E-state index contributed by atoms with van der Waals surface area (Å²) >= 11 is 0. The van der Waals surface area contributed by atoms with E-state index in [4.69, 9.17) is 10.5 Å². The number of aliphatic hydroxyl groups excluding tert-OH is 5. The van der Waals surface area contributed by atoms with Crippen LogP contribution < -0.4 is 21.7 Å². The molecule has 15 nitrogen and oxygen atoms in total. The third-order valence-corrected chi connectivity index (χ3v) is 23.4. The molecule has 76 heavy (non-hydrogen) atoms. The first kappa shape index (κ1) is 55.4. The summed E-state index contributed by atoms with van der Waals surface area (Å²) in [6, 6.07) is 0. The van der Waals surface area contributed by atoms with E-state index < -0.39 is 98.5 Å². The summed E-state index contributed by atoms with van der Waals surface area (Å²) in [5.41, 5.74) is -4.30. The summed E-state index contributed by atoms with van der Waals surface area (Å²) in [6.45, 7) is 6.32. The van der Waals surface area contributed by atoms with Crippen LogP contribution in [0.2, 0.25) is 0 Å².